The van der Waals surface area contributed by atoms with Gasteiger partial charge in [0.1, 0.15) is 18.6 Å². The second-order valence-corrected chi connectivity index (χ2v) is 9.70. The zero-order valence-corrected chi connectivity index (χ0v) is 21.4. The molecule has 0 aliphatic carbocycles. The summed E-state index contributed by atoms with van der Waals surface area (Å²) in [5.41, 5.74) is 3.12. The van der Waals surface area contributed by atoms with E-state index in [1.165, 1.54) is 4.90 Å². The largest absolute Gasteiger partial charge is 0.374 e. The first kappa shape index (κ1) is 26.0. The van der Waals surface area contributed by atoms with Crippen LogP contribution in [-0.4, -0.2) is 48.8 Å². The van der Waals surface area contributed by atoms with Crippen LogP contribution in [0.5, 0.6) is 0 Å². The van der Waals surface area contributed by atoms with Gasteiger partial charge in [0.2, 0.25) is 17.7 Å². The zero-order valence-electron chi connectivity index (χ0n) is 21.4. The van der Waals surface area contributed by atoms with Crippen LogP contribution in [0.3, 0.4) is 0 Å². The van der Waals surface area contributed by atoms with E-state index in [1.807, 2.05) is 72.8 Å². The Kier molecular flexibility index (Phi) is 7.86. The van der Waals surface area contributed by atoms with Gasteiger partial charge in [-0.3, -0.25) is 24.1 Å². The molecule has 3 aromatic rings. The smallest absolute Gasteiger partial charge is 0.252 e. The fourth-order valence-electron chi connectivity index (χ4n) is 5.01. The lowest BCUT2D eigenvalue weighted by atomic mass is 9.97. The number of carbonyl (C=O) groups excluding carboxylic acids is 4. The summed E-state index contributed by atoms with van der Waals surface area (Å²) in [4.78, 5) is 53.5. The van der Waals surface area contributed by atoms with Crippen molar-refractivity contribution in [2.45, 2.75) is 37.4 Å². The predicted molar refractivity (Wildman–Crippen MR) is 148 cm³/mol. The van der Waals surface area contributed by atoms with Crippen LogP contribution in [0.15, 0.2) is 84.9 Å². The van der Waals surface area contributed by atoms with Gasteiger partial charge in [-0.25, -0.2) is 0 Å². The van der Waals surface area contributed by atoms with Crippen molar-refractivity contribution < 1.29 is 19.2 Å². The molecule has 4 N–H and O–H groups in total. The van der Waals surface area contributed by atoms with Crippen LogP contribution in [0.1, 0.15) is 30.0 Å². The molecular weight excluding hydrogens is 494 g/mol. The van der Waals surface area contributed by atoms with E-state index in [2.05, 4.69) is 21.3 Å². The van der Waals surface area contributed by atoms with Crippen LogP contribution >= 0.6 is 0 Å². The first-order chi connectivity index (χ1) is 19.0. The van der Waals surface area contributed by atoms with Crippen LogP contribution in [0.25, 0.3) is 0 Å². The Morgan fingerprint density at radius 3 is 2.28 bits per heavy atom. The standard InChI is InChI=1S/C30H31N5O4/c36-25-16-15-23(32-25)29(38)34-28-27(21-11-5-2-6-12-21)33-22-13-7-8-14-24(22)35(30(28)39)19-26(37)31-18-17-20-9-3-1-4-10-20/h1-14,23,27-28,33H,15-19H2,(H,31,37)(H,32,36)(H,34,38)/t23-,27+,28+/m0/s1. The second-order valence-electron chi connectivity index (χ2n) is 9.70. The SMILES string of the molecule is O=C(CN1C(=O)[C@H](NC(=O)[C@@H]2CCC(=O)N2)[C@@H](c2ccccc2)Nc2ccccc21)NCCc1ccccc1. The number of amides is 4. The zero-order chi connectivity index (χ0) is 27.2. The fraction of sp³-hybridized carbons (Fsp3) is 0.267. The maximum Gasteiger partial charge on any atom is 0.252 e. The van der Waals surface area contributed by atoms with Gasteiger partial charge in [-0.1, -0.05) is 72.8 Å². The summed E-state index contributed by atoms with van der Waals surface area (Å²) in [6.07, 6.45) is 1.29. The van der Waals surface area contributed by atoms with Gasteiger partial charge < -0.3 is 21.3 Å². The Morgan fingerprint density at radius 1 is 0.872 bits per heavy atom. The number of hydrogen-bond donors (Lipinski definition) is 4. The van der Waals surface area contributed by atoms with Crippen molar-refractivity contribution in [3.05, 3.63) is 96.1 Å². The quantitative estimate of drug-likeness (QED) is 0.360. The summed E-state index contributed by atoms with van der Waals surface area (Å²) in [7, 11) is 0. The Balaban J connectivity index is 1.40. The van der Waals surface area contributed by atoms with E-state index in [4.69, 9.17) is 0 Å². The maximum atomic E-state index is 14.1. The number of anilines is 2. The van der Waals surface area contributed by atoms with Gasteiger partial charge in [-0.2, -0.15) is 0 Å². The topological polar surface area (TPSA) is 120 Å². The molecule has 2 heterocycles. The van der Waals surface area contributed by atoms with Crippen molar-refractivity contribution >= 4 is 35.0 Å². The molecule has 2 aliphatic heterocycles. The number of benzene rings is 3. The molecule has 0 bridgehead atoms. The summed E-state index contributed by atoms with van der Waals surface area (Å²) in [6.45, 7) is 0.222. The Bertz CT molecular complexity index is 1350. The predicted octanol–water partition coefficient (Wildman–Crippen LogP) is 2.31. The molecule has 0 saturated carbocycles. The molecule has 0 aromatic heterocycles. The molecule has 1 saturated heterocycles. The Labute approximate surface area is 227 Å². The van der Waals surface area contributed by atoms with Gasteiger partial charge in [-0.15, -0.1) is 0 Å². The normalized spacial score (nSPS) is 20.3. The maximum absolute atomic E-state index is 14.1. The van der Waals surface area contributed by atoms with Gasteiger partial charge in [0.25, 0.3) is 5.91 Å². The fourth-order valence-corrected chi connectivity index (χ4v) is 5.01. The minimum atomic E-state index is -1.03. The van der Waals surface area contributed by atoms with E-state index in [0.717, 1.165) is 11.1 Å². The summed E-state index contributed by atoms with van der Waals surface area (Å²) in [5, 5.41) is 11.9. The number of rotatable bonds is 8. The molecule has 2 aliphatic rings. The molecule has 0 spiro atoms. The number of nitrogens with one attached hydrogen (secondary N) is 4. The van der Waals surface area contributed by atoms with E-state index in [-0.39, 0.29) is 24.8 Å². The number of hydrogen-bond acceptors (Lipinski definition) is 5. The van der Waals surface area contributed by atoms with Gasteiger partial charge in [0, 0.05) is 13.0 Å². The highest BCUT2D eigenvalue weighted by Crippen LogP contribution is 2.35. The lowest BCUT2D eigenvalue weighted by molar-refractivity contribution is -0.130. The van der Waals surface area contributed by atoms with Crippen LogP contribution < -0.4 is 26.2 Å². The van der Waals surface area contributed by atoms with Gasteiger partial charge in [0.05, 0.1) is 17.4 Å². The third-order valence-corrected chi connectivity index (χ3v) is 7.02. The van der Waals surface area contributed by atoms with Crippen LogP contribution in [-0.2, 0) is 25.6 Å². The number of fused-ring (bicyclic) bond motifs is 1. The molecule has 4 amide bonds. The van der Waals surface area contributed by atoms with Crippen molar-refractivity contribution in [3.63, 3.8) is 0 Å². The van der Waals surface area contributed by atoms with Crippen molar-refractivity contribution in [1.82, 2.24) is 16.0 Å². The highest BCUT2D eigenvalue weighted by Gasteiger charge is 2.41. The van der Waals surface area contributed by atoms with Crippen LogP contribution in [0, 0.1) is 0 Å². The number of carbonyl (C=O) groups is 4. The Morgan fingerprint density at radius 2 is 1.56 bits per heavy atom. The molecule has 3 atom stereocenters. The molecule has 5 rings (SSSR count). The lowest BCUT2D eigenvalue weighted by Gasteiger charge is -2.29. The van der Waals surface area contributed by atoms with E-state index < -0.39 is 29.9 Å². The molecule has 39 heavy (non-hydrogen) atoms. The molecule has 9 heteroatoms. The molecule has 0 unspecified atom stereocenters. The first-order valence-corrected chi connectivity index (χ1v) is 13.1. The summed E-state index contributed by atoms with van der Waals surface area (Å²) in [5.74, 6) is -1.35. The molecule has 3 aromatic carbocycles. The van der Waals surface area contributed by atoms with E-state index in [0.29, 0.717) is 30.8 Å². The third-order valence-electron chi connectivity index (χ3n) is 7.02. The van der Waals surface area contributed by atoms with Crippen LogP contribution in [0.4, 0.5) is 11.4 Å². The first-order valence-electron chi connectivity index (χ1n) is 13.1. The summed E-state index contributed by atoms with van der Waals surface area (Å²) >= 11 is 0. The highest BCUT2D eigenvalue weighted by molar-refractivity contribution is 6.07. The lowest BCUT2D eigenvalue weighted by Crippen LogP contribution is -2.56. The molecular formula is C30H31N5O4. The minimum Gasteiger partial charge on any atom is -0.374 e. The van der Waals surface area contributed by atoms with Crippen molar-refractivity contribution in [2.24, 2.45) is 0 Å². The van der Waals surface area contributed by atoms with Crippen molar-refractivity contribution in [2.75, 3.05) is 23.3 Å². The van der Waals surface area contributed by atoms with Gasteiger partial charge in [-0.05, 0) is 36.1 Å². The average molecular weight is 526 g/mol. The second kappa shape index (κ2) is 11.8. The minimum absolute atomic E-state index is 0.193. The number of para-hydroxylation sites is 2. The summed E-state index contributed by atoms with van der Waals surface area (Å²) < 4.78 is 0. The summed E-state index contributed by atoms with van der Waals surface area (Å²) in [6, 6.07) is 24.2. The monoisotopic (exact) mass is 525 g/mol. The molecule has 9 nitrogen and oxygen atoms in total. The van der Waals surface area contributed by atoms with E-state index in [1.54, 1.807) is 12.1 Å². The molecule has 0 radical (unpaired) electrons. The van der Waals surface area contributed by atoms with Crippen LogP contribution in [0.2, 0.25) is 0 Å². The Hall–Kier alpha value is -4.66. The molecule has 1 fully saturated rings. The highest BCUT2D eigenvalue weighted by atomic mass is 16.2. The van der Waals surface area contributed by atoms with E-state index >= 15 is 0 Å². The van der Waals surface area contributed by atoms with Crippen molar-refractivity contribution in [3.8, 4) is 0 Å². The van der Waals surface area contributed by atoms with Gasteiger partial charge >= 0.3 is 0 Å². The average Bonchev–Trinajstić information content (AvgIpc) is 3.36. The number of nitrogens with zero attached hydrogens (tertiary/aromatic N) is 1. The van der Waals surface area contributed by atoms with E-state index in [9.17, 15) is 19.2 Å². The van der Waals surface area contributed by atoms with Crippen molar-refractivity contribution in [1.29, 1.82) is 0 Å². The third kappa shape index (κ3) is 6.09. The molecule has 200 valence electrons. The van der Waals surface area contributed by atoms with Gasteiger partial charge in [0.15, 0.2) is 0 Å².